The normalized spacial score (nSPS) is 18.4. The molecule has 0 spiro atoms. The zero-order valence-corrected chi connectivity index (χ0v) is 53.9. The van der Waals surface area contributed by atoms with Crippen molar-refractivity contribution in [2.45, 2.75) is 276 Å². The molecule has 1 fully saturated rings. The van der Waals surface area contributed by atoms with Gasteiger partial charge in [0.15, 0.2) is 24.6 Å². The van der Waals surface area contributed by atoms with Crippen molar-refractivity contribution in [2.24, 2.45) is 0 Å². The van der Waals surface area contributed by atoms with Gasteiger partial charge in [-0.2, -0.15) is 0 Å². The fourth-order valence-electron chi connectivity index (χ4n) is 9.04. The van der Waals surface area contributed by atoms with Crippen LogP contribution in [0.2, 0.25) is 0 Å². The van der Waals surface area contributed by atoms with Crippen LogP contribution in [0.1, 0.15) is 239 Å². The molecular weight excluding hydrogens is 1090 g/mol. The lowest BCUT2D eigenvalue weighted by Crippen LogP contribution is -2.61. The van der Waals surface area contributed by atoms with Crippen molar-refractivity contribution in [2.75, 3.05) is 13.2 Å². The summed E-state index contributed by atoms with van der Waals surface area (Å²) in [4.78, 5) is 51.4. The predicted molar refractivity (Wildman–Crippen MR) is 358 cm³/mol. The number of aliphatic hydroxyl groups excluding tert-OH is 2. The van der Waals surface area contributed by atoms with Gasteiger partial charge in [-0.3, -0.25) is 14.4 Å². The first-order valence-electron chi connectivity index (χ1n) is 33.5. The number of allylic oxidation sites excluding steroid dienone is 26. The van der Waals surface area contributed by atoms with Gasteiger partial charge in [0.1, 0.15) is 18.8 Å². The second kappa shape index (κ2) is 60.6. The molecule has 0 amide bonds. The highest BCUT2D eigenvalue weighted by molar-refractivity contribution is 5.74. The van der Waals surface area contributed by atoms with Crippen LogP contribution < -0.4 is 0 Å². The van der Waals surface area contributed by atoms with Gasteiger partial charge in [-0.1, -0.05) is 243 Å². The second-order valence-electron chi connectivity index (χ2n) is 22.0. The number of hydrogen-bond acceptors (Lipinski definition) is 11. The number of carboxylic acid groups (broad SMARTS) is 1. The van der Waals surface area contributed by atoms with Gasteiger partial charge in [-0.15, -0.1) is 0 Å². The first-order valence-corrected chi connectivity index (χ1v) is 33.5. The van der Waals surface area contributed by atoms with E-state index in [-0.39, 0.29) is 25.9 Å². The fraction of sp³-hybridized carbons (Fsp3) is 0.600. The van der Waals surface area contributed by atoms with E-state index in [1.807, 2.05) is 18.2 Å². The smallest absolute Gasteiger partial charge is 0.335 e. The molecule has 0 bridgehead atoms. The summed E-state index contributed by atoms with van der Waals surface area (Å²) in [6, 6.07) is 0. The van der Waals surface area contributed by atoms with Crippen LogP contribution in [0.25, 0.3) is 0 Å². The topological polar surface area (TPSA) is 175 Å². The van der Waals surface area contributed by atoms with E-state index in [1.54, 1.807) is 0 Å². The summed E-state index contributed by atoms with van der Waals surface area (Å²) in [7, 11) is 0. The molecule has 12 nitrogen and oxygen atoms in total. The number of aliphatic hydroxyl groups is 2. The van der Waals surface area contributed by atoms with Crippen molar-refractivity contribution in [3.63, 3.8) is 0 Å². The molecule has 1 heterocycles. The summed E-state index contributed by atoms with van der Waals surface area (Å²) in [6.45, 7) is 5.69. The molecule has 0 aromatic heterocycles. The van der Waals surface area contributed by atoms with Crippen molar-refractivity contribution in [1.29, 1.82) is 0 Å². The second-order valence-corrected chi connectivity index (χ2v) is 22.0. The van der Waals surface area contributed by atoms with Gasteiger partial charge in [0.2, 0.25) is 0 Å². The Morgan fingerprint density at radius 1 is 0.391 bits per heavy atom. The van der Waals surface area contributed by atoms with Crippen LogP contribution >= 0.6 is 0 Å². The summed E-state index contributed by atoms with van der Waals surface area (Å²) in [6.07, 6.45) is 76.3. The van der Waals surface area contributed by atoms with E-state index in [4.69, 9.17) is 23.7 Å². The monoisotopic (exact) mass is 1210 g/mol. The lowest BCUT2D eigenvalue weighted by atomic mass is 9.98. The number of esters is 3. The maximum atomic E-state index is 13.2. The summed E-state index contributed by atoms with van der Waals surface area (Å²) in [5.41, 5.74) is 0. The molecule has 0 aliphatic carbocycles. The van der Waals surface area contributed by atoms with Gasteiger partial charge in [0, 0.05) is 19.3 Å². The highest BCUT2D eigenvalue weighted by Crippen LogP contribution is 2.26. The first kappa shape index (κ1) is 79.4. The van der Waals surface area contributed by atoms with Crippen molar-refractivity contribution in [3.05, 3.63) is 158 Å². The molecule has 3 N–H and O–H groups in total. The highest BCUT2D eigenvalue weighted by atomic mass is 16.7. The molecular formula is C75H116O12. The Balaban J connectivity index is 2.74. The number of carbonyl (C=O) groups is 4. The SMILES string of the molecule is CC/C=C\C/C=C\C/C=C\C/C=C\C/C=C\C/C=C\CCC(=O)OC1C(OCC(COC(=O)CCCCC/C=C\C/C=C\C/C=C\C/C=C\C/C=C\CC)OC(=O)CCCCCCCCCCC/C=C\C/C=C\CCCCC)OC(C(=O)O)C(O)C1O. The Labute approximate surface area is 526 Å². The number of carbonyl (C=O) groups excluding carboxylic acids is 3. The Hall–Kier alpha value is -5.66. The minimum Gasteiger partial charge on any atom is -0.479 e. The summed E-state index contributed by atoms with van der Waals surface area (Å²) >= 11 is 0. The lowest BCUT2D eigenvalue weighted by molar-refractivity contribution is -0.301. The minimum atomic E-state index is -1.94. The molecule has 87 heavy (non-hydrogen) atoms. The lowest BCUT2D eigenvalue weighted by Gasteiger charge is -2.40. The number of aliphatic carboxylic acids is 1. The maximum absolute atomic E-state index is 13.2. The van der Waals surface area contributed by atoms with Crippen LogP contribution in [0.5, 0.6) is 0 Å². The fourth-order valence-corrected chi connectivity index (χ4v) is 9.04. The number of rotatable bonds is 55. The Kier molecular flexibility index (Phi) is 55.3. The molecule has 0 aromatic carbocycles. The average Bonchev–Trinajstić information content (AvgIpc) is 2.60. The van der Waals surface area contributed by atoms with Gasteiger partial charge in [0.05, 0.1) is 6.61 Å². The van der Waals surface area contributed by atoms with Gasteiger partial charge in [0.25, 0.3) is 0 Å². The van der Waals surface area contributed by atoms with Crippen LogP contribution in [-0.2, 0) is 42.9 Å². The van der Waals surface area contributed by atoms with Gasteiger partial charge >= 0.3 is 23.9 Å². The van der Waals surface area contributed by atoms with Crippen molar-refractivity contribution < 1.29 is 58.2 Å². The van der Waals surface area contributed by atoms with Crippen LogP contribution in [0.15, 0.2) is 158 Å². The molecule has 1 aliphatic rings. The molecule has 0 radical (unpaired) electrons. The molecule has 0 saturated carbocycles. The Morgan fingerprint density at radius 3 is 1.16 bits per heavy atom. The standard InChI is InChI=1S/C75H116O12/c1-4-7-10-13-16-19-22-25-28-31-34-37-40-43-46-49-52-55-58-61-67(76)83-64-66(85-68(77)62-59-56-53-50-47-44-41-38-35-32-29-26-23-20-17-14-11-8-5-2)65-84-75-73(71(80)70(79)72(87-75)74(81)82)86-69(78)63-60-57-54-51-48-45-42-39-36-33-30-27-24-21-18-15-12-9-6-3/h7,9-10,12,16-21,25-30,34,36-37,39,43,45-46,48,54,57,66,70-73,75,79-80H,4-6,8,11,13-15,22-24,31-33,35,38,40-42,44,47,49-53,55-56,58-65H2,1-3H3,(H,81,82)/b10-7-,12-9-,19-16-,20-17-,21-18-,28-25-,29-26-,30-27-,37-34-,39-36-,46-43-,48-45-,57-54-. The summed E-state index contributed by atoms with van der Waals surface area (Å²) in [5.74, 6) is -3.30. The van der Waals surface area contributed by atoms with E-state index in [0.717, 1.165) is 122 Å². The predicted octanol–water partition coefficient (Wildman–Crippen LogP) is 18.5. The number of hydrogen-bond donors (Lipinski definition) is 3. The molecule has 488 valence electrons. The molecule has 1 saturated heterocycles. The average molecular weight is 1210 g/mol. The zero-order valence-electron chi connectivity index (χ0n) is 53.9. The number of carboxylic acids is 1. The molecule has 1 rings (SSSR count). The summed E-state index contributed by atoms with van der Waals surface area (Å²) in [5, 5.41) is 31.6. The van der Waals surface area contributed by atoms with Crippen molar-refractivity contribution >= 4 is 23.9 Å². The third-order valence-corrected chi connectivity index (χ3v) is 14.1. The minimum absolute atomic E-state index is 0.0773. The molecule has 0 aromatic rings. The molecule has 6 atom stereocenters. The maximum Gasteiger partial charge on any atom is 0.335 e. The van der Waals surface area contributed by atoms with Gasteiger partial charge in [-0.05, 0) is 135 Å². The van der Waals surface area contributed by atoms with E-state index in [1.165, 1.54) is 51.4 Å². The first-order chi connectivity index (χ1) is 42.6. The van der Waals surface area contributed by atoms with Crippen molar-refractivity contribution in [3.8, 4) is 0 Å². The molecule has 1 aliphatic heterocycles. The largest absolute Gasteiger partial charge is 0.479 e. The quantitative estimate of drug-likeness (QED) is 0.0228. The van der Waals surface area contributed by atoms with E-state index in [2.05, 4.69) is 161 Å². The zero-order chi connectivity index (χ0) is 63.1. The van der Waals surface area contributed by atoms with E-state index in [0.29, 0.717) is 25.7 Å². The Morgan fingerprint density at radius 2 is 0.747 bits per heavy atom. The number of unbranched alkanes of at least 4 members (excludes halogenated alkanes) is 15. The van der Waals surface area contributed by atoms with E-state index in [9.17, 15) is 34.5 Å². The van der Waals surface area contributed by atoms with Gasteiger partial charge in [-0.25, -0.2) is 4.79 Å². The van der Waals surface area contributed by atoms with Crippen LogP contribution in [-0.4, -0.2) is 89.2 Å². The van der Waals surface area contributed by atoms with Crippen molar-refractivity contribution in [1.82, 2.24) is 0 Å². The van der Waals surface area contributed by atoms with E-state index < -0.39 is 67.3 Å². The van der Waals surface area contributed by atoms with Gasteiger partial charge < -0.3 is 39.0 Å². The van der Waals surface area contributed by atoms with Crippen LogP contribution in [0.4, 0.5) is 0 Å². The molecule has 12 heteroatoms. The molecule has 6 unspecified atom stereocenters. The van der Waals surface area contributed by atoms with Crippen LogP contribution in [0, 0.1) is 0 Å². The number of ether oxygens (including phenoxy) is 5. The highest BCUT2D eigenvalue weighted by Gasteiger charge is 2.50. The third-order valence-electron chi connectivity index (χ3n) is 14.1. The van der Waals surface area contributed by atoms with E-state index >= 15 is 0 Å². The Bertz CT molecular complexity index is 2120. The summed E-state index contributed by atoms with van der Waals surface area (Å²) < 4.78 is 28.4. The third kappa shape index (κ3) is 50.0. The van der Waals surface area contributed by atoms with Crippen LogP contribution in [0.3, 0.4) is 0 Å².